The maximum absolute atomic E-state index is 13.4. The van der Waals surface area contributed by atoms with Crippen molar-refractivity contribution in [3.05, 3.63) is 34.9 Å². The minimum Gasteiger partial charge on any atom is -0.381 e. The Kier molecular flexibility index (Phi) is 4.47. The first-order valence-electron chi connectivity index (χ1n) is 9.60. The second-order valence-electron chi connectivity index (χ2n) is 8.30. The van der Waals surface area contributed by atoms with Crippen molar-refractivity contribution in [1.29, 1.82) is 0 Å². The zero-order valence-electron chi connectivity index (χ0n) is 16.3. The van der Waals surface area contributed by atoms with Crippen LogP contribution in [0.1, 0.15) is 48.5 Å². The number of nitrogens with zero attached hydrogens (tertiary/aromatic N) is 2. The molecule has 2 spiro atoms. The average molecular weight is 411 g/mol. The van der Waals surface area contributed by atoms with Gasteiger partial charge < -0.3 is 15.6 Å². The number of aliphatic imine (C=N–C) groups is 1. The van der Waals surface area contributed by atoms with Crippen LogP contribution in [0.15, 0.2) is 23.2 Å². The summed E-state index contributed by atoms with van der Waals surface area (Å²) in [5, 5.41) is 9.76. The van der Waals surface area contributed by atoms with Crippen LogP contribution in [0.5, 0.6) is 0 Å². The monoisotopic (exact) mass is 411 g/mol. The van der Waals surface area contributed by atoms with E-state index in [0.29, 0.717) is 24.8 Å². The zero-order valence-corrected chi connectivity index (χ0v) is 16.3. The maximum Gasteiger partial charge on any atom is 0.418 e. The first-order valence-corrected chi connectivity index (χ1v) is 9.60. The number of hydrogen-bond acceptors (Lipinski definition) is 5. The van der Waals surface area contributed by atoms with Crippen LogP contribution in [0.3, 0.4) is 0 Å². The first kappa shape index (κ1) is 20.2. The fraction of sp³-hybridized carbons (Fsp3) is 0.600. The Hall–Kier alpha value is -2.13. The van der Waals surface area contributed by atoms with Crippen LogP contribution in [0.4, 0.5) is 13.2 Å². The second-order valence-corrected chi connectivity index (χ2v) is 8.30. The molecule has 2 atom stereocenters. The molecule has 4 rings (SSSR count). The molecular formula is C20H24F3N3O3. The van der Waals surface area contributed by atoms with Crippen LogP contribution < -0.4 is 5.73 Å². The summed E-state index contributed by atoms with van der Waals surface area (Å²) in [6.07, 6.45) is -4.06. The lowest BCUT2D eigenvalue weighted by Gasteiger charge is -2.45. The predicted octanol–water partition coefficient (Wildman–Crippen LogP) is 2.40. The molecule has 1 saturated carbocycles. The van der Waals surface area contributed by atoms with Crippen molar-refractivity contribution in [3.63, 3.8) is 0 Å². The van der Waals surface area contributed by atoms with Gasteiger partial charge in [-0.1, -0.05) is 12.1 Å². The van der Waals surface area contributed by atoms with Gasteiger partial charge in [0.05, 0.1) is 6.10 Å². The highest BCUT2D eigenvalue weighted by atomic mass is 19.4. The lowest BCUT2D eigenvalue weighted by molar-refractivity contribution is -0.206. The largest absolute Gasteiger partial charge is 0.418 e. The molecule has 9 heteroatoms. The van der Waals surface area contributed by atoms with Gasteiger partial charge in [-0.2, -0.15) is 13.2 Å². The number of alkyl halides is 3. The molecule has 0 radical (unpaired) electrons. The quantitative estimate of drug-likeness (QED) is 0.782. The van der Waals surface area contributed by atoms with E-state index in [1.807, 2.05) is 0 Å². The van der Waals surface area contributed by atoms with Gasteiger partial charge in [-0.05, 0) is 54.9 Å². The van der Waals surface area contributed by atoms with Crippen LogP contribution >= 0.6 is 0 Å². The van der Waals surface area contributed by atoms with E-state index >= 15 is 0 Å². The van der Waals surface area contributed by atoms with Gasteiger partial charge >= 0.3 is 6.18 Å². The molecule has 1 unspecified atom stereocenters. The number of ether oxygens (including phenoxy) is 1. The molecule has 0 aromatic heterocycles. The van der Waals surface area contributed by atoms with E-state index in [4.69, 9.17) is 10.5 Å². The fourth-order valence-electron chi connectivity index (χ4n) is 5.30. The van der Waals surface area contributed by atoms with E-state index in [2.05, 4.69) is 4.99 Å². The third kappa shape index (κ3) is 2.70. The van der Waals surface area contributed by atoms with Gasteiger partial charge in [-0.3, -0.25) is 9.69 Å². The van der Waals surface area contributed by atoms with Crippen LogP contribution in [0, 0.1) is 5.41 Å². The van der Waals surface area contributed by atoms with Crippen LogP contribution in [-0.4, -0.2) is 48.3 Å². The van der Waals surface area contributed by atoms with E-state index < -0.39 is 23.2 Å². The molecule has 1 fully saturated rings. The van der Waals surface area contributed by atoms with Crippen molar-refractivity contribution in [2.75, 3.05) is 14.2 Å². The number of hydrogen-bond donors (Lipinski definition) is 2. The maximum atomic E-state index is 13.4. The molecule has 1 amide bonds. The van der Waals surface area contributed by atoms with Crippen molar-refractivity contribution in [1.82, 2.24) is 4.90 Å². The van der Waals surface area contributed by atoms with Gasteiger partial charge in [-0.15, -0.1) is 0 Å². The van der Waals surface area contributed by atoms with E-state index in [1.54, 1.807) is 13.2 Å². The van der Waals surface area contributed by atoms with Gasteiger partial charge in [0.25, 0.3) is 5.91 Å². The van der Waals surface area contributed by atoms with Crippen LogP contribution in [0.2, 0.25) is 0 Å². The molecule has 1 aromatic rings. The fourth-order valence-corrected chi connectivity index (χ4v) is 5.30. The van der Waals surface area contributed by atoms with Crippen molar-refractivity contribution in [3.8, 4) is 0 Å². The molecule has 1 aromatic carbocycles. The van der Waals surface area contributed by atoms with Crippen molar-refractivity contribution in [2.45, 2.75) is 56.0 Å². The predicted molar refractivity (Wildman–Crippen MR) is 98.9 cm³/mol. The minimum absolute atomic E-state index is 0.0536. The molecule has 0 saturated heterocycles. The molecular weight excluding hydrogens is 387 g/mol. The normalized spacial score (nSPS) is 32.8. The van der Waals surface area contributed by atoms with Gasteiger partial charge in [0.2, 0.25) is 0 Å². The van der Waals surface area contributed by atoms with Crippen molar-refractivity contribution < 1.29 is 27.8 Å². The number of nitrogens with two attached hydrogens (primary N) is 1. The molecule has 1 heterocycles. The Balaban J connectivity index is 1.86. The molecule has 6 nitrogen and oxygen atoms in total. The highest BCUT2D eigenvalue weighted by Crippen LogP contribution is 2.62. The Bertz CT molecular complexity index is 877. The summed E-state index contributed by atoms with van der Waals surface area (Å²) in [7, 11) is 3.17. The molecule has 1 aliphatic heterocycles. The number of aliphatic hydroxyl groups is 1. The third-order valence-corrected chi connectivity index (χ3v) is 6.91. The number of aliphatic hydroxyl groups excluding tert-OH is 1. The lowest BCUT2D eigenvalue weighted by Crippen LogP contribution is -2.51. The standard InChI is InChI=1S/C20H24F3N3O3/c1-26-16(28)19(25-17(26)24)14-9-11(15(27)20(21,22)23)3-4-12(14)10-18(19)7-5-13(29-2)6-8-18/h3-4,9,13,15,27H,5-8,10H2,1-2H3,(H2,24,25)/t13?,15?,18?,19-/m1/s1. The Morgan fingerprint density at radius 2 is 2.00 bits per heavy atom. The van der Waals surface area contributed by atoms with Crippen molar-refractivity contribution >= 4 is 11.9 Å². The average Bonchev–Trinajstić information content (AvgIpc) is 3.08. The second kappa shape index (κ2) is 6.43. The number of guanidine groups is 1. The minimum atomic E-state index is -4.80. The number of fused-ring (bicyclic) bond motifs is 3. The van der Waals surface area contributed by atoms with E-state index in [-0.39, 0.29) is 23.5 Å². The highest BCUT2D eigenvalue weighted by Gasteiger charge is 2.66. The molecule has 2 aliphatic carbocycles. The van der Waals surface area contributed by atoms with Crippen molar-refractivity contribution in [2.24, 2.45) is 16.1 Å². The Morgan fingerprint density at radius 1 is 1.34 bits per heavy atom. The number of amides is 1. The smallest absolute Gasteiger partial charge is 0.381 e. The van der Waals surface area contributed by atoms with Crippen LogP contribution in [0.25, 0.3) is 0 Å². The molecule has 3 aliphatic rings. The van der Waals surface area contributed by atoms with Gasteiger partial charge in [-0.25, -0.2) is 4.99 Å². The Morgan fingerprint density at radius 3 is 2.52 bits per heavy atom. The zero-order chi connectivity index (χ0) is 21.2. The summed E-state index contributed by atoms with van der Waals surface area (Å²) in [6.45, 7) is 0. The number of benzene rings is 1. The number of rotatable bonds is 2. The van der Waals surface area contributed by atoms with E-state index in [0.717, 1.165) is 18.4 Å². The lowest BCUT2D eigenvalue weighted by atomic mass is 9.61. The SMILES string of the molecule is COC1CCC2(CC1)Cc1ccc(C(O)C(F)(F)F)cc1[C@]21N=C(N)N(C)C1=O. The summed E-state index contributed by atoms with van der Waals surface area (Å²) in [4.78, 5) is 19.3. The van der Waals surface area contributed by atoms with Gasteiger partial charge in [0.1, 0.15) is 0 Å². The summed E-state index contributed by atoms with van der Waals surface area (Å²) in [5.74, 6) is -0.277. The van der Waals surface area contributed by atoms with E-state index in [9.17, 15) is 23.1 Å². The molecule has 158 valence electrons. The first-order chi connectivity index (χ1) is 13.6. The highest BCUT2D eigenvalue weighted by molar-refractivity contribution is 6.08. The third-order valence-electron chi connectivity index (χ3n) is 6.91. The number of carbonyl (C=O) groups is 1. The number of carbonyl (C=O) groups excluding carboxylic acids is 1. The molecule has 29 heavy (non-hydrogen) atoms. The summed E-state index contributed by atoms with van der Waals surface area (Å²) >= 11 is 0. The number of halogens is 3. The van der Waals surface area contributed by atoms with Crippen LogP contribution in [-0.2, 0) is 21.5 Å². The molecule has 0 bridgehead atoms. The Labute approximate surface area is 166 Å². The summed E-state index contributed by atoms with van der Waals surface area (Å²) in [6, 6.07) is 4.15. The topological polar surface area (TPSA) is 88.2 Å². The van der Waals surface area contributed by atoms with E-state index in [1.165, 1.54) is 24.1 Å². The van der Waals surface area contributed by atoms with Gasteiger partial charge in [0.15, 0.2) is 17.6 Å². The summed E-state index contributed by atoms with van der Waals surface area (Å²) < 4.78 is 44.8. The van der Waals surface area contributed by atoms with Gasteiger partial charge in [0, 0.05) is 19.6 Å². The molecule has 3 N–H and O–H groups in total. The number of methoxy groups -OCH3 is 1. The number of likely N-dealkylation sites (N-methyl/N-ethyl adjacent to an activating group) is 1. The summed E-state index contributed by atoms with van der Waals surface area (Å²) in [5.41, 5.74) is 4.96.